The van der Waals surface area contributed by atoms with Gasteiger partial charge in [0.2, 0.25) is 0 Å². The molecule has 6 heteroatoms. The largest absolute Gasteiger partial charge is 0.497 e. The van der Waals surface area contributed by atoms with Gasteiger partial charge in [-0.3, -0.25) is 14.6 Å². The van der Waals surface area contributed by atoms with Crippen molar-refractivity contribution in [3.8, 4) is 5.75 Å². The summed E-state index contributed by atoms with van der Waals surface area (Å²) in [5.74, 6) is 0.680. The number of H-pyrrole nitrogens is 1. The molecule has 6 nitrogen and oxygen atoms in total. The van der Waals surface area contributed by atoms with Gasteiger partial charge in [0.1, 0.15) is 17.8 Å². The van der Waals surface area contributed by atoms with E-state index in [2.05, 4.69) is 18.0 Å². The molecule has 5 rings (SSSR count). The minimum atomic E-state index is -0.465. The number of imide groups is 1. The van der Waals surface area contributed by atoms with Crippen molar-refractivity contribution >= 4 is 22.8 Å². The molecule has 0 saturated carbocycles. The SMILES string of the molecule is CCCCN1C(=O)[C@H]2Cc3c([nH]c4ccccc34)C(c3ccc(OC)cc3)N2C1=O. The van der Waals surface area contributed by atoms with Gasteiger partial charge in [-0.25, -0.2) is 4.79 Å². The van der Waals surface area contributed by atoms with Crippen molar-refractivity contribution in [3.63, 3.8) is 0 Å². The zero-order valence-electron chi connectivity index (χ0n) is 17.2. The lowest BCUT2D eigenvalue weighted by Gasteiger charge is -2.36. The molecule has 3 aromatic rings. The molecule has 2 aliphatic heterocycles. The van der Waals surface area contributed by atoms with Gasteiger partial charge in [-0.1, -0.05) is 43.7 Å². The Labute approximate surface area is 175 Å². The molecule has 0 radical (unpaired) electrons. The number of urea groups is 1. The lowest BCUT2D eigenvalue weighted by molar-refractivity contribution is -0.128. The van der Waals surface area contributed by atoms with Gasteiger partial charge < -0.3 is 9.72 Å². The first-order chi connectivity index (χ1) is 14.6. The molecule has 1 N–H and O–H groups in total. The maximum atomic E-state index is 13.4. The average molecular weight is 403 g/mol. The summed E-state index contributed by atoms with van der Waals surface area (Å²) < 4.78 is 5.31. The van der Waals surface area contributed by atoms with E-state index in [0.29, 0.717) is 13.0 Å². The highest BCUT2D eigenvalue weighted by Gasteiger charge is 2.52. The van der Waals surface area contributed by atoms with Gasteiger partial charge >= 0.3 is 6.03 Å². The number of aromatic amines is 1. The van der Waals surface area contributed by atoms with Crippen LogP contribution < -0.4 is 4.74 Å². The van der Waals surface area contributed by atoms with Crippen LogP contribution in [-0.2, 0) is 11.2 Å². The summed E-state index contributed by atoms with van der Waals surface area (Å²) in [5.41, 5.74) is 4.12. The number of carbonyl (C=O) groups excluding carboxylic acids is 2. The molecule has 2 aromatic carbocycles. The Balaban J connectivity index is 1.66. The van der Waals surface area contributed by atoms with Crippen LogP contribution >= 0.6 is 0 Å². The van der Waals surface area contributed by atoms with Gasteiger partial charge in [0.05, 0.1) is 7.11 Å². The summed E-state index contributed by atoms with van der Waals surface area (Å²) in [4.78, 5) is 33.4. The Hall–Kier alpha value is -3.28. The van der Waals surface area contributed by atoms with Crippen LogP contribution in [0.15, 0.2) is 48.5 Å². The van der Waals surface area contributed by atoms with Gasteiger partial charge in [-0.05, 0) is 35.7 Å². The topological polar surface area (TPSA) is 65.6 Å². The number of benzene rings is 2. The molecule has 2 aliphatic rings. The second-order valence-electron chi connectivity index (χ2n) is 7.99. The maximum absolute atomic E-state index is 13.4. The molecule has 0 aliphatic carbocycles. The van der Waals surface area contributed by atoms with E-state index in [1.54, 1.807) is 12.0 Å². The monoisotopic (exact) mass is 403 g/mol. The summed E-state index contributed by atoms with van der Waals surface area (Å²) in [6, 6.07) is 14.9. The van der Waals surface area contributed by atoms with E-state index >= 15 is 0 Å². The van der Waals surface area contributed by atoms with Crippen molar-refractivity contribution in [2.45, 2.75) is 38.3 Å². The van der Waals surface area contributed by atoms with Crippen LogP contribution in [0.25, 0.3) is 10.9 Å². The van der Waals surface area contributed by atoms with Crippen LogP contribution in [0.3, 0.4) is 0 Å². The van der Waals surface area contributed by atoms with E-state index in [1.807, 2.05) is 42.5 Å². The smallest absolute Gasteiger partial charge is 0.328 e. The third-order valence-electron chi connectivity index (χ3n) is 6.30. The Bertz CT molecular complexity index is 1120. The van der Waals surface area contributed by atoms with E-state index in [4.69, 9.17) is 4.74 Å². The van der Waals surface area contributed by atoms with Crippen molar-refractivity contribution in [1.82, 2.24) is 14.8 Å². The highest BCUT2D eigenvalue weighted by atomic mass is 16.5. The first kappa shape index (κ1) is 18.7. The predicted octanol–water partition coefficient (Wildman–Crippen LogP) is 4.25. The molecular formula is C24H25N3O3. The summed E-state index contributed by atoms with van der Waals surface area (Å²) in [5, 5.41) is 1.12. The van der Waals surface area contributed by atoms with Crippen LogP contribution in [0.1, 0.15) is 42.6 Å². The number of fused-ring (bicyclic) bond motifs is 4. The molecule has 0 spiro atoms. The number of nitrogens with one attached hydrogen (secondary N) is 1. The number of carbonyl (C=O) groups is 2. The molecule has 1 unspecified atom stereocenters. The fourth-order valence-electron chi connectivity index (χ4n) is 4.78. The van der Waals surface area contributed by atoms with Crippen molar-refractivity contribution in [3.05, 3.63) is 65.4 Å². The van der Waals surface area contributed by atoms with Gasteiger partial charge in [0.15, 0.2) is 0 Å². The molecule has 2 atom stereocenters. The highest BCUT2D eigenvalue weighted by Crippen LogP contribution is 2.44. The molecule has 1 fully saturated rings. The van der Waals surface area contributed by atoms with Crippen molar-refractivity contribution in [2.75, 3.05) is 13.7 Å². The number of para-hydroxylation sites is 1. The molecule has 154 valence electrons. The number of aromatic nitrogens is 1. The van der Waals surface area contributed by atoms with Crippen LogP contribution in [0.2, 0.25) is 0 Å². The van der Waals surface area contributed by atoms with Crippen molar-refractivity contribution in [2.24, 2.45) is 0 Å². The summed E-state index contributed by atoms with van der Waals surface area (Å²) in [7, 11) is 1.63. The number of amides is 3. The van der Waals surface area contributed by atoms with E-state index in [0.717, 1.165) is 46.3 Å². The molecule has 0 bridgehead atoms. The zero-order valence-corrected chi connectivity index (χ0v) is 17.2. The number of rotatable bonds is 5. The van der Waals surface area contributed by atoms with Crippen LogP contribution in [0.5, 0.6) is 5.75 Å². The number of ether oxygens (including phenoxy) is 1. The van der Waals surface area contributed by atoms with Gasteiger partial charge in [0, 0.05) is 29.6 Å². The quantitative estimate of drug-likeness (QED) is 0.648. The number of hydrogen-bond donors (Lipinski definition) is 1. The molecule has 1 saturated heterocycles. The van der Waals surface area contributed by atoms with Crippen molar-refractivity contribution < 1.29 is 14.3 Å². The first-order valence-electron chi connectivity index (χ1n) is 10.5. The molecule has 1 aromatic heterocycles. The molecular weight excluding hydrogens is 378 g/mol. The zero-order chi connectivity index (χ0) is 20.8. The highest BCUT2D eigenvalue weighted by molar-refractivity contribution is 6.05. The second kappa shape index (κ2) is 7.20. The van der Waals surface area contributed by atoms with Gasteiger partial charge in [-0.2, -0.15) is 0 Å². The fraction of sp³-hybridized carbons (Fsp3) is 0.333. The van der Waals surface area contributed by atoms with Crippen LogP contribution in [0, 0.1) is 0 Å². The van der Waals surface area contributed by atoms with Crippen LogP contribution in [0.4, 0.5) is 4.79 Å². The van der Waals surface area contributed by atoms with E-state index in [1.165, 1.54) is 4.90 Å². The Kier molecular flexibility index (Phi) is 4.50. The number of nitrogens with zero attached hydrogens (tertiary/aromatic N) is 2. The van der Waals surface area contributed by atoms with E-state index in [9.17, 15) is 9.59 Å². The number of hydrogen-bond acceptors (Lipinski definition) is 3. The maximum Gasteiger partial charge on any atom is 0.328 e. The van der Waals surface area contributed by atoms with Gasteiger partial charge in [0.25, 0.3) is 5.91 Å². The van der Waals surface area contributed by atoms with Crippen molar-refractivity contribution in [1.29, 1.82) is 0 Å². The Morgan fingerprint density at radius 3 is 2.60 bits per heavy atom. The standard InChI is InChI=1S/C24H25N3O3/c1-3-4-13-26-23(28)20-14-18-17-7-5-6-8-19(17)25-21(18)22(27(20)24(26)29)15-9-11-16(30-2)12-10-15/h5-12,20,22,25H,3-4,13-14H2,1-2H3/t20-,22?/m1/s1. The third-order valence-corrected chi connectivity index (χ3v) is 6.30. The summed E-state index contributed by atoms with van der Waals surface area (Å²) in [6.07, 6.45) is 2.30. The van der Waals surface area contributed by atoms with E-state index < -0.39 is 6.04 Å². The Morgan fingerprint density at radius 2 is 1.87 bits per heavy atom. The minimum absolute atomic E-state index is 0.0807. The Morgan fingerprint density at radius 1 is 1.10 bits per heavy atom. The van der Waals surface area contributed by atoms with Gasteiger partial charge in [-0.15, -0.1) is 0 Å². The average Bonchev–Trinajstić information content (AvgIpc) is 3.26. The lowest BCUT2D eigenvalue weighted by atomic mass is 9.89. The summed E-state index contributed by atoms with van der Waals surface area (Å²) >= 11 is 0. The predicted molar refractivity (Wildman–Crippen MR) is 114 cm³/mol. The fourth-order valence-corrected chi connectivity index (χ4v) is 4.78. The lowest BCUT2D eigenvalue weighted by Crippen LogP contribution is -2.44. The number of unbranched alkanes of at least 4 members (excludes halogenated alkanes) is 1. The normalized spacial score (nSPS) is 20.6. The second-order valence-corrected chi connectivity index (χ2v) is 7.99. The van der Waals surface area contributed by atoms with Crippen LogP contribution in [-0.4, -0.2) is 46.4 Å². The first-order valence-corrected chi connectivity index (χ1v) is 10.5. The molecule has 3 amide bonds. The molecule has 30 heavy (non-hydrogen) atoms. The van der Waals surface area contributed by atoms with E-state index in [-0.39, 0.29) is 18.0 Å². The minimum Gasteiger partial charge on any atom is -0.497 e. The molecule has 3 heterocycles. The number of methoxy groups -OCH3 is 1. The summed E-state index contributed by atoms with van der Waals surface area (Å²) in [6.45, 7) is 2.54. The third kappa shape index (κ3) is 2.70.